The van der Waals surface area contributed by atoms with Crippen LogP contribution in [0.4, 0.5) is 26.3 Å². The summed E-state index contributed by atoms with van der Waals surface area (Å²) in [7, 11) is 0. The highest BCUT2D eigenvalue weighted by Gasteiger charge is 2.62. The first-order chi connectivity index (χ1) is 9.00. The summed E-state index contributed by atoms with van der Waals surface area (Å²) in [5.41, 5.74) is 5.17. The lowest BCUT2D eigenvalue weighted by molar-refractivity contribution is -0.277. The first-order valence-electron chi connectivity index (χ1n) is 5.41. The summed E-state index contributed by atoms with van der Waals surface area (Å²) >= 11 is 0. The maximum atomic E-state index is 12.5. The Morgan fingerprint density at radius 1 is 1.25 bits per heavy atom. The van der Waals surface area contributed by atoms with Crippen molar-refractivity contribution in [1.29, 1.82) is 0 Å². The monoisotopic (exact) mass is 307 g/mol. The Hall–Kier alpha value is -1.68. The summed E-state index contributed by atoms with van der Waals surface area (Å²) in [5.74, 6) is -6.85. The summed E-state index contributed by atoms with van der Waals surface area (Å²) < 4.78 is 74.7. The van der Waals surface area contributed by atoms with Gasteiger partial charge in [0.1, 0.15) is 0 Å². The molecular formula is C9H11F6N3O2. The van der Waals surface area contributed by atoms with Gasteiger partial charge in [-0.1, -0.05) is 5.16 Å². The minimum absolute atomic E-state index is 0.0318. The van der Waals surface area contributed by atoms with Crippen molar-refractivity contribution in [1.82, 2.24) is 4.90 Å². The number of hydrogen-bond acceptors (Lipinski definition) is 3. The maximum absolute atomic E-state index is 12.5. The van der Waals surface area contributed by atoms with Crippen molar-refractivity contribution in [3.63, 3.8) is 0 Å². The van der Waals surface area contributed by atoms with Crippen LogP contribution in [0, 0.1) is 5.92 Å². The summed E-state index contributed by atoms with van der Waals surface area (Å²) in [6.07, 6.45) is -11.3. The number of amidine groups is 1. The Labute approximate surface area is 109 Å². The molecule has 20 heavy (non-hydrogen) atoms. The fraction of sp³-hybridized carbons (Fsp3) is 0.778. The first-order valence-corrected chi connectivity index (χ1v) is 5.41. The van der Waals surface area contributed by atoms with E-state index in [0.29, 0.717) is 4.90 Å². The van der Waals surface area contributed by atoms with E-state index in [1.165, 1.54) is 0 Å². The third-order valence-electron chi connectivity index (χ3n) is 2.89. The maximum Gasteiger partial charge on any atom is 0.409 e. The van der Waals surface area contributed by atoms with Gasteiger partial charge < -0.3 is 15.8 Å². The average molecular weight is 307 g/mol. The number of nitrogens with zero attached hydrogens (tertiary/aromatic N) is 2. The van der Waals surface area contributed by atoms with E-state index in [-0.39, 0.29) is 19.4 Å². The normalized spacial score (nSPS) is 21.6. The minimum Gasteiger partial charge on any atom is -0.409 e. The summed E-state index contributed by atoms with van der Waals surface area (Å²) in [6, 6.07) is -1.26. The third-order valence-corrected chi connectivity index (χ3v) is 2.89. The van der Waals surface area contributed by atoms with Crippen LogP contribution in [0.3, 0.4) is 0 Å². The molecule has 0 aromatic carbocycles. The van der Waals surface area contributed by atoms with Crippen molar-refractivity contribution >= 4 is 11.7 Å². The molecule has 0 saturated carbocycles. The lowest BCUT2D eigenvalue weighted by Gasteiger charge is -2.30. The molecule has 11 heteroatoms. The van der Waals surface area contributed by atoms with Crippen LogP contribution in [0.1, 0.15) is 12.8 Å². The summed E-state index contributed by atoms with van der Waals surface area (Å²) in [6.45, 7) is -0.317. The van der Waals surface area contributed by atoms with E-state index in [1.54, 1.807) is 0 Å². The molecule has 0 bridgehead atoms. The molecule has 1 rings (SSSR count). The molecule has 0 aliphatic carbocycles. The van der Waals surface area contributed by atoms with Gasteiger partial charge in [-0.05, 0) is 12.8 Å². The van der Waals surface area contributed by atoms with Gasteiger partial charge in [-0.3, -0.25) is 4.79 Å². The molecule has 3 N–H and O–H groups in total. The molecule has 1 amide bonds. The van der Waals surface area contributed by atoms with Gasteiger partial charge in [-0.15, -0.1) is 0 Å². The summed E-state index contributed by atoms with van der Waals surface area (Å²) in [5, 5.41) is 11.0. The van der Waals surface area contributed by atoms with Gasteiger partial charge in [-0.2, -0.15) is 26.3 Å². The van der Waals surface area contributed by atoms with Gasteiger partial charge in [0.05, 0.1) is 6.04 Å². The van der Waals surface area contributed by atoms with E-state index >= 15 is 0 Å². The zero-order valence-electron chi connectivity index (χ0n) is 9.87. The highest BCUT2D eigenvalue weighted by atomic mass is 19.4. The number of amides is 1. The fourth-order valence-corrected chi connectivity index (χ4v) is 2.04. The number of hydrogen-bond donors (Lipinski definition) is 2. The van der Waals surface area contributed by atoms with E-state index in [2.05, 4.69) is 5.16 Å². The van der Waals surface area contributed by atoms with Gasteiger partial charge in [-0.25, -0.2) is 0 Å². The molecule has 1 heterocycles. The Bertz CT molecular complexity index is 391. The quantitative estimate of drug-likeness (QED) is 0.266. The zero-order valence-corrected chi connectivity index (χ0v) is 9.87. The van der Waals surface area contributed by atoms with Crippen molar-refractivity contribution in [2.24, 2.45) is 16.8 Å². The number of rotatable bonds is 2. The number of carbonyl (C=O) groups excluding carboxylic acids is 1. The molecule has 0 aromatic rings. The van der Waals surface area contributed by atoms with Crippen LogP contribution in [0.25, 0.3) is 0 Å². The van der Waals surface area contributed by atoms with Crippen LogP contribution >= 0.6 is 0 Å². The average Bonchev–Trinajstić information content (AvgIpc) is 2.72. The lowest BCUT2D eigenvalue weighted by atomic mass is 10.1. The van der Waals surface area contributed by atoms with Crippen molar-refractivity contribution in [3.05, 3.63) is 0 Å². The van der Waals surface area contributed by atoms with E-state index in [1.807, 2.05) is 0 Å². The van der Waals surface area contributed by atoms with Crippen LogP contribution in [-0.2, 0) is 4.79 Å². The largest absolute Gasteiger partial charge is 0.409 e. The second-order valence-corrected chi connectivity index (χ2v) is 4.23. The molecule has 1 atom stereocenters. The molecule has 1 saturated heterocycles. The molecule has 116 valence electrons. The SMILES string of the molecule is NC(=NO)C1CCCN1C(=O)C(C(F)(F)F)C(F)(F)F. The number of halogens is 6. The van der Waals surface area contributed by atoms with Gasteiger partial charge >= 0.3 is 12.4 Å². The number of nitrogens with two attached hydrogens (primary N) is 1. The molecule has 1 fully saturated rings. The van der Waals surface area contributed by atoms with Crippen LogP contribution in [-0.4, -0.2) is 46.8 Å². The zero-order chi connectivity index (χ0) is 15.7. The van der Waals surface area contributed by atoms with Crippen LogP contribution in [0.15, 0.2) is 5.16 Å². The molecule has 1 aliphatic heterocycles. The van der Waals surface area contributed by atoms with Crippen LogP contribution in [0.5, 0.6) is 0 Å². The molecule has 0 spiro atoms. The van der Waals surface area contributed by atoms with Crippen LogP contribution < -0.4 is 5.73 Å². The minimum atomic E-state index is -5.76. The van der Waals surface area contributed by atoms with Gasteiger partial charge in [0.2, 0.25) is 11.8 Å². The van der Waals surface area contributed by atoms with E-state index in [0.717, 1.165) is 0 Å². The predicted molar refractivity (Wildman–Crippen MR) is 53.7 cm³/mol. The van der Waals surface area contributed by atoms with Gasteiger partial charge in [0.25, 0.3) is 0 Å². The highest BCUT2D eigenvalue weighted by molar-refractivity contribution is 5.91. The molecule has 0 radical (unpaired) electrons. The fourth-order valence-electron chi connectivity index (χ4n) is 2.04. The predicted octanol–water partition coefficient (Wildman–Crippen LogP) is 1.46. The third kappa shape index (κ3) is 3.25. The smallest absolute Gasteiger partial charge is 0.409 e. The van der Waals surface area contributed by atoms with Crippen molar-refractivity contribution in [3.8, 4) is 0 Å². The Kier molecular flexibility index (Phi) is 4.39. The van der Waals surface area contributed by atoms with Gasteiger partial charge in [0.15, 0.2) is 5.84 Å². The molecular weight excluding hydrogens is 296 g/mol. The lowest BCUT2D eigenvalue weighted by Crippen LogP contribution is -2.53. The molecule has 1 unspecified atom stereocenters. The van der Waals surface area contributed by atoms with Crippen molar-refractivity contribution < 1.29 is 36.3 Å². The number of carbonyl (C=O) groups is 1. The van der Waals surface area contributed by atoms with Gasteiger partial charge in [0, 0.05) is 6.54 Å². The Morgan fingerprint density at radius 2 is 1.75 bits per heavy atom. The highest BCUT2D eigenvalue weighted by Crippen LogP contribution is 2.41. The molecule has 5 nitrogen and oxygen atoms in total. The summed E-state index contributed by atoms with van der Waals surface area (Å²) in [4.78, 5) is 11.9. The number of alkyl halides is 6. The van der Waals surface area contributed by atoms with Crippen molar-refractivity contribution in [2.75, 3.05) is 6.54 Å². The topological polar surface area (TPSA) is 78.9 Å². The molecule has 0 aromatic heterocycles. The Balaban J connectivity index is 3.07. The number of oxime groups is 1. The van der Waals surface area contributed by atoms with E-state index in [9.17, 15) is 31.1 Å². The first kappa shape index (κ1) is 16.4. The van der Waals surface area contributed by atoms with Crippen molar-refractivity contribution in [2.45, 2.75) is 31.2 Å². The standard InChI is InChI=1S/C9H11F6N3O2/c10-8(11,12)5(9(13,14)15)7(19)18-3-1-2-4(18)6(16)17-20/h4-5,20H,1-3H2,(H2,16,17). The second kappa shape index (κ2) is 5.37. The second-order valence-electron chi connectivity index (χ2n) is 4.23. The molecule has 1 aliphatic rings. The number of likely N-dealkylation sites (tertiary alicyclic amines) is 1. The van der Waals surface area contributed by atoms with E-state index in [4.69, 9.17) is 10.9 Å². The Morgan fingerprint density at radius 3 is 2.15 bits per heavy atom. The van der Waals surface area contributed by atoms with E-state index < -0.39 is 36.1 Å². The van der Waals surface area contributed by atoms with Crippen LogP contribution in [0.2, 0.25) is 0 Å².